The smallest absolute Gasteiger partial charge is 0.303 e. The maximum Gasteiger partial charge on any atom is 0.303 e. The fraction of sp³-hybridized carbons (Fsp3) is 0. The van der Waals surface area contributed by atoms with E-state index in [1.807, 2.05) is 0 Å². The minimum atomic E-state index is -5.88. The quantitative estimate of drug-likeness (QED) is 0.0575. The lowest BCUT2D eigenvalue weighted by Gasteiger charge is -2.14. The minimum absolute atomic E-state index is 0.306. The molecule has 4 rings (SSSR count). The summed E-state index contributed by atoms with van der Waals surface area (Å²) in [6, 6.07) is 4.91. The van der Waals surface area contributed by atoms with Crippen molar-refractivity contribution in [3.63, 3.8) is 0 Å². The maximum atomic E-state index is 12.8. The van der Waals surface area contributed by atoms with Gasteiger partial charge >= 0.3 is 20.2 Å². The molecular formula is C22H14N6O18S4. The number of nitro groups is 2. The van der Waals surface area contributed by atoms with E-state index < -0.39 is 126 Å². The van der Waals surface area contributed by atoms with Crippen LogP contribution in [0.3, 0.4) is 0 Å². The van der Waals surface area contributed by atoms with Crippen LogP contribution in [0.5, 0.6) is 11.5 Å². The summed E-state index contributed by atoms with van der Waals surface area (Å²) in [4.78, 5) is 14.3. The molecule has 0 spiro atoms. The zero-order valence-corrected chi connectivity index (χ0v) is 26.8. The molecule has 0 saturated carbocycles. The molecule has 6 N–H and O–H groups in total. The summed E-state index contributed by atoms with van der Waals surface area (Å²) in [5.74, 6) is -2.81. The topological polar surface area (TPSA) is 394 Å². The van der Waals surface area contributed by atoms with Crippen molar-refractivity contribution in [2.75, 3.05) is 0 Å². The second kappa shape index (κ2) is 12.7. The molecule has 0 aliphatic heterocycles. The molecule has 0 saturated heterocycles. The highest BCUT2D eigenvalue weighted by Gasteiger charge is 2.33. The number of fused-ring (bicyclic) bond motifs is 1. The largest absolute Gasteiger partial charge is 0.507 e. The van der Waals surface area contributed by atoms with Crippen molar-refractivity contribution in [2.24, 2.45) is 20.5 Å². The normalized spacial score (nSPS) is 13.0. The Morgan fingerprint density at radius 3 is 1.36 bits per heavy atom. The van der Waals surface area contributed by atoms with Crippen molar-refractivity contribution in [2.45, 2.75) is 19.6 Å². The zero-order valence-electron chi connectivity index (χ0n) is 23.5. The summed E-state index contributed by atoms with van der Waals surface area (Å²) >= 11 is 0. The molecule has 4 aromatic rings. The molecule has 50 heavy (non-hydrogen) atoms. The van der Waals surface area contributed by atoms with Crippen LogP contribution in [0.1, 0.15) is 0 Å². The molecule has 0 unspecified atom stereocenters. The fourth-order valence-corrected chi connectivity index (χ4v) is 7.15. The number of azo groups is 2. The van der Waals surface area contributed by atoms with E-state index in [0.717, 1.165) is 12.1 Å². The van der Waals surface area contributed by atoms with Crippen molar-refractivity contribution < 1.29 is 71.9 Å². The Morgan fingerprint density at radius 1 is 0.560 bits per heavy atom. The Kier molecular flexibility index (Phi) is 9.44. The highest BCUT2D eigenvalue weighted by atomic mass is 32.2. The van der Waals surface area contributed by atoms with Crippen LogP contribution >= 0.6 is 0 Å². The molecule has 4 aromatic carbocycles. The molecule has 0 aromatic heterocycles. The summed E-state index contributed by atoms with van der Waals surface area (Å²) in [6.45, 7) is 0. The van der Waals surface area contributed by atoms with Crippen molar-refractivity contribution in [3.8, 4) is 11.5 Å². The van der Waals surface area contributed by atoms with Crippen LogP contribution in [0.25, 0.3) is 10.8 Å². The van der Waals surface area contributed by atoms with Crippen LogP contribution in [0.2, 0.25) is 0 Å². The third-order valence-electron chi connectivity index (χ3n) is 6.16. The molecule has 0 amide bonds. The van der Waals surface area contributed by atoms with E-state index in [-0.39, 0.29) is 0 Å². The summed E-state index contributed by atoms with van der Waals surface area (Å²) in [6.07, 6.45) is 0. The molecule has 0 radical (unpaired) electrons. The van der Waals surface area contributed by atoms with Gasteiger partial charge in [-0.3, -0.25) is 38.4 Å². The number of nitro benzene ring substituents is 2. The second-order valence-corrected chi connectivity index (χ2v) is 14.8. The maximum absolute atomic E-state index is 12.8. The van der Waals surface area contributed by atoms with Crippen LogP contribution < -0.4 is 0 Å². The lowest BCUT2D eigenvalue weighted by atomic mass is 10.1. The van der Waals surface area contributed by atoms with Gasteiger partial charge in [-0.05, 0) is 18.2 Å². The number of phenolic OH excluding ortho intramolecular Hbond substituents is 2. The van der Waals surface area contributed by atoms with E-state index in [4.69, 9.17) is 0 Å². The van der Waals surface area contributed by atoms with Crippen LogP contribution in [0.4, 0.5) is 34.1 Å². The fourth-order valence-electron chi connectivity index (χ4n) is 4.29. The Bertz CT molecular complexity index is 2680. The van der Waals surface area contributed by atoms with Gasteiger partial charge in [0.25, 0.3) is 31.6 Å². The first-order chi connectivity index (χ1) is 22.9. The third-order valence-corrected chi connectivity index (χ3v) is 9.77. The average Bonchev–Trinajstić information content (AvgIpc) is 2.97. The van der Waals surface area contributed by atoms with Gasteiger partial charge in [0.15, 0.2) is 26.1 Å². The van der Waals surface area contributed by atoms with Gasteiger partial charge in [0, 0.05) is 23.6 Å². The molecule has 0 fully saturated rings. The number of rotatable bonds is 10. The van der Waals surface area contributed by atoms with Gasteiger partial charge in [-0.2, -0.15) is 33.7 Å². The lowest BCUT2D eigenvalue weighted by molar-refractivity contribution is -0.388. The molecular weight excluding hydrogens is 765 g/mol. The van der Waals surface area contributed by atoms with Crippen LogP contribution in [-0.4, -0.2) is 71.9 Å². The standard InChI is InChI=1S/C22H14N6O18S4/c29-15-8-9(47(35,36)37)7-10-16(15)19(30)18(26-24-12-4-2-6-14(28(33)34)21(12)49(41,42)43)22(50(44,45)46)17(10)25-23-11-3-1-5-13(27(31)32)20(11)48(38,39)40/h1-8,29-30H,(H,35,36,37)(H,38,39,40)(H,41,42,43)(H,44,45,46)/b25-23+,26-24+. The van der Waals surface area contributed by atoms with Gasteiger partial charge in [0.2, 0.25) is 0 Å². The lowest BCUT2D eigenvalue weighted by Crippen LogP contribution is -2.04. The first-order valence-corrected chi connectivity index (χ1v) is 18.0. The van der Waals surface area contributed by atoms with Gasteiger partial charge in [-0.1, -0.05) is 12.1 Å². The number of aromatic hydroxyl groups is 2. The highest BCUT2D eigenvalue weighted by Crippen LogP contribution is 2.52. The van der Waals surface area contributed by atoms with Gasteiger partial charge in [0.1, 0.15) is 22.8 Å². The Balaban J connectivity index is 2.24. The number of nitrogens with zero attached hydrogens (tertiary/aromatic N) is 6. The Morgan fingerprint density at radius 2 is 0.980 bits per heavy atom. The molecule has 28 heteroatoms. The first-order valence-electron chi connectivity index (χ1n) is 12.2. The SMILES string of the molecule is O=[N+]([O-])c1cccc(/N=N/c2c(S(=O)(=O)O)c(/N=N/c3cccc([N+](=O)[O-])c3S(=O)(=O)O)c3cc(S(=O)(=O)O)cc(O)c3c2O)c1S(=O)(=O)O. The van der Waals surface area contributed by atoms with E-state index in [2.05, 4.69) is 20.5 Å². The van der Waals surface area contributed by atoms with E-state index in [9.17, 15) is 82.3 Å². The molecule has 0 heterocycles. The monoisotopic (exact) mass is 778 g/mol. The number of hydrogen-bond acceptors (Lipinski definition) is 18. The summed E-state index contributed by atoms with van der Waals surface area (Å²) in [5.41, 5.74) is -7.58. The van der Waals surface area contributed by atoms with Crippen LogP contribution in [0, 0.1) is 20.2 Å². The first kappa shape index (κ1) is 37.2. The predicted octanol–water partition coefficient (Wildman–Crippen LogP) is 3.89. The predicted molar refractivity (Wildman–Crippen MR) is 161 cm³/mol. The molecule has 0 atom stereocenters. The summed E-state index contributed by atoms with van der Waals surface area (Å²) < 4.78 is 136. The number of phenols is 2. The summed E-state index contributed by atoms with van der Waals surface area (Å²) in [5, 5.41) is 55.9. The van der Waals surface area contributed by atoms with Crippen LogP contribution in [0.15, 0.2) is 88.6 Å². The van der Waals surface area contributed by atoms with Crippen LogP contribution in [-0.2, 0) is 40.5 Å². The molecule has 24 nitrogen and oxygen atoms in total. The minimum Gasteiger partial charge on any atom is -0.507 e. The average molecular weight is 779 g/mol. The molecule has 264 valence electrons. The van der Waals surface area contributed by atoms with Gasteiger partial charge in [0.05, 0.1) is 20.1 Å². The third kappa shape index (κ3) is 7.20. The molecule has 0 aliphatic carbocycles. The van der Waals surface area contributed by atoms with E-state index in [0.29, 0.717) is 36.4 Å². The van der Waals surface area contributed by atoms with E-state index in [1.54, 1.807) is 0 Å². The van der Waals surface area contributed by atoms with Gasteiger partial charge in [-0.15, -0.1) is 20.5 Å². The summed E-state index contributed by atoms with van der Waals surface area (Å²) in [7, 11) is -22.2. The molecule has 0 bridgehead atoms. The zero-order chi connectivity index (χ0) is 37.7. The highest BCUT2D eigenvalue weighted by molar-refractivity contribution is 7.87. The van der Waals surface area contributed by atoms with Crippen molar-refractivity contribution in [1.82, 2.24) is 0 Å². The van der Waals surface area contributed by atoms with Gasteiger partial charge in [-0.25, -0.2) is 0 Å². The second-order valence-electron chi connectivity index (χ2n) is 9.31. The van der Waals surface area contributed by atoms with Crippen molar-refractivity contribution >= 4 is 85.4 Å². The van der Waals surface area contributed by atoms with E-state index in [1.165, 1.54) is 0 Å². The Hall–Kier alpha value is -5.62. The van der Waals surface area contributed by atoms with E-state index >= 15 is 0 Å². The van der Waals surface area contributed by atoms with Crippen molar-refractivity contribution in [3.05, 3.63) is 68.8 Å². The number of benzene rings is 4. The van der Waals surface area contributed by atoms with Crippen molar-refractivity contribution in [1.29, 1.82) is 0 Å². The molecule has 0 aliphatic rings. The van der Waals surface area contributed by atoms with Gasteiger partial charge < -0.3 is 10.2 Å². The number of hydrogen-bond donors (Lipinski definition) is 6. The Labute approximate surface area is 277 Å².